The molecule has 1 heterocycles. The summed E-state index contributed by atoms with van der Waals surface area (Å²) in [4.78, 5) is 39.1. The van der Waals surface area contributed by atoms with E-state index in [1.165, 1.54) is 13.2 Å². The van der Waals surface area contributed by atoms with Crippen LogP contribution in [0.5, 0.6) is 11.5 Å². The van der Waals surface area contributed by atoms with Gasteiger partial charge >= 0.3 is 6.03 Å². The van der Waals surface area contributed by atoms with Crippen LogP contribution in [-0.4, -0.2) is 36.5 Å². The SMILES string of the molecule is COc1cccc(C=C2NC(=O)N(Cc3ccc(C)cc3)C2=O)c1OCC(=O)Nc1ccc(C)cc1. The van der Waals surface area contributed by atoms with E-state index in [1.54, 1.807) is 18.2 Å². The summed E-state index contributed by atoms with van der Waals surface area (Å²) in [5.41, 5.74) is 4.27. The molecule has 8 heteroatoms. The van der Waals surface area contributed by atoms with Crippen LogP contribution in [-0.2, 0) is 16.1 Å². The highest BCUT2D eigenvalue weighted by atomic mass is 16.5. The molecule has 0 bridgehead atoms. The molecule has 1 fully saturated rings. The summed E-state index contributed by atoms with van der Waals surface area (Å²) >= 11 is 0. The van der Waals surface area contributed by atoms with E-state index in [4.69, 9.17) is 9.47 Å². The highest BCUT2D eigenvalue weighted by Gasteiger charge is 2.33. The number of carbonyl (C=O) groups is 3. The molecule has 8 nitrogen and oxygen atoms in total. The topological polar surface area (TPSA) is 97.0 Å². The summed E-state index contributed by atoms with van der Waals surface area (Å²) in [6.45, 7) is 3.82. The van der Waals surface area contributed by atoms with E-state index in [0.29, 0.717) is 17.0 Å². The Kier molecular flexibility index (Phi) is 7.34. The van der Waals surface area contributed by atoms with Gasteiger partial charge in [0.25, 0.3) is 11.8 Å². The molecule has 4 rings (SSSR count). The van der Waals surface area contributed by atoms with E-state index in [2.05, 4.69) is 10.6 Å². The molecule has 0 unspecified atom stereocenters. The second-order valence-electron chi connectivity index (χ2n) is 8.45. The fourth-order valence-electron chi connectivity index (χ4n) is 3.68. The van der Waals surface area contributed by atoms with Crippen LogP contribution in [0, 0.1) is 13.8 Å². The second kappa shape index (κ2) is 10.8. The lowest BCUT2D eigenvalue weighted by atomic mass is 10.1. The summed E-state index contributed by atoms with van der Waals surface area (Å²) in [7, 11) is 1.48. The zero-order valence-corrected chi connectivity index (χ0v) is 20.3. The van der Waals surface area contributed by atoms with Gasteiger partial charge in [-0.3, -0.25) is 14.5 Å². The van der Waals surface area contributed by atoms with Crippen molar-refractivity contribution in [3.05, 3.63) is 94.7 Å². The predicted molar refractivity (Wildman–Crippen MR) is 137 cm³/mol. The van der Waals surface area contributed by atoms with Crippen LogP contribution in [0.3, 0.4) is 0 Å². The molecule has 1 saturated heterocycles. The van der Waals surface area contributed by atoms with Crippen molar-refractivity contribution in [1.82, 2.24) is 10.2 Å². The maximum atomic E-state index is 13.0. The molecule has 1 aliphatic rings. The molecule has 0 spiro atoms. The number of aryl methyl sites for hydroxylation is 2. The number of para-hydroxylation sites is 1. The largest absolute Gasteiger partial charge is 0.493 e. The zero-order chi connectivity index (χ0) is 25.7. The van der Waals surface area contributed by atoms with Gasteiger partial charge in [-0.15, -0.1) is 0 Å². The van der Waals surface area contributed by atoms with Gasteiger partial charge in [0.2, 0.25) is 0 Å². The molecule has 0 aromatic heterocycles. The molecule has 0 atom stereocenters. The number of hydrogen-bond donors (Lipinski definition) is 2. The van der Waals surface area contributed by atoms with Crippen molar-refractivity contribution >= 4 is 29.6 Å². The van der Waals surface area contributed by atoms with Gasteiger partial charge < -0.3 is 20.1 Å². The van der Waals surface area contributed by atoms with Crippen LogP contribution in [0.25, 0.3) is 6.08 Å². The third kappa shape index (κ3) is 5.72. The van der Waals surface area contributed by atoms with Crippen molar-refractivity contribution < 1.29 is 23.9 Å². The number of ether oxygens (including phenoxy) is 2. The number of amides is 4. The van der Waals surface area contributed by atoms with Gasteiger partial charge in [-0.25, -0.2) is 4.79 Å². The van der Waals surface area contributed by atoms with E-state index >= 15 is 0 Å². The number of hydrogen-bond acceptors (Lipinski definition) is 5. The molecule has 0 radical (unpaired) electrons. The zero-order valence-electron chi connectivity index (χ0n) is 20.3. The van der Waals surface area contributed by atoms with Crippen LogP contribution in [0.1, 0.15) is 22.3 Å². The number of urea groups is 1. The Balaban J connectivity index is 1.50. The first-order valence-corrected chi connectivity index (χ1v) is 11.4. The Morgan fingerprint density at radius 1 is 0.972 bits per heavy atom. The lowest BCUT2D eigenvalue weighted by Crippen LogP contribution is -2.30. The molecule has 3 aromatic rings. The summed E-state index contributed by atoms with van der Waals surface area (Å²) in [5, 5.41) is 5.40. The number of anilines is 1. The Morgan fingerprint density at radius 3 is 2.31 bits per heavy atom. The average molecular weight is 486 g/mol. The Bertz CT molecular complexity index is 1310. The van der Waals surface area contributed by atoms with Gasteiger partial charge in [0.15, 0.2) is 18.1 Å². The van der Waals surface area contributed by atoms with Crippen molar-refractivity contribution in [3.63, 3.8) is 0 Å². The van der Waals surface area contributed by atoms with Crippen molar-refractivity contribution in [2.75, 3.05) is 19.0 Å². The normalized spacial score (nSPS) is 14.1. The lowest BCUT2D eigenvalue weighted by molar-refractivity contribution is -0.123. The van der Waals surface area contributed by atoms with Crippen LogP contribution in [0.4, 0.5) is 10.5 Å². The molecule has 3 aromatic carbocycles. The molecule has 4 amide bonds. The highest BCUT2D eigenvalue weighted by molar-refractivity contribution is 6.14. The number of rotatable bonds is 8. The van der Waals surface area contributed by atoms with Crippen molar-refractivity contribution in [2.24, 2.45) is 0 Å². The van der Waals surface area contributed by atoms with Gasteiger partial charge in [-0.2, -0.15) is 0 Å². The fourth-order valence-corrected chi connectivity index (χ4v) is 3.68. The minimum atomic E-state index is -0.505. The van der Waals surface area contributed by atoms with Gasteiger partial charge in [-0.05, 0) is 43.7 Å². The summed E-state index contributed by atoms with van der Waals surface area (Å²) in [6, 6.07) is 19.7. The Hall–Kier alpha value is -4.59. The van der Waals surface area contributed by atoms with E-state index in [0.717, 1.165) is 21.6 Å². The number of nitrogens with one attached hydrogen (secondary N) is 2. The lowest BCUT2D eigenvalue weighted by Gasteiger charge is -2.14. The molecular weight excluding hydrogens is 458 g/mol. The molecule has 184 valence electrons. The monoisotopic (exact) mass is 485 g/mol. The third-order valence-corrected chi connectivity index (χ3v) is 5.64. The average Bonchev–Trinajstić information content (AvgIpc) is 3.13. The molecule has 0 saturated carbocycles. The van der Waals surface area contributed by atoms with E-state index in [-0.39, 0.29) is 30.5 Å². The number of methoxy groups -OCH3 is 1. The number of imide groups is 1. The minimum Gasteiger partial charge on any atom is -0.493 e. The van der Waals surface area contributed by atoms with E-state index < -0.39 is 11.9 Å². The van der Waals surface area contributed by atoms with E-state index in [1.807, 2.05) is 62.4 Å². The summed E-state index contributed by atoms with van der Waals surface area (Å²) < 4.78 is 11.2. The van der Waals surface area contributed by atoms with Crippen molar-refractivity contribution in [1.29, 1.82) is 0 Å². The molecule has 2 N–H and O–H groups in total. The standard InChI is InChI=1S/C28H27N3O5/c1-18-7-11-20(12-8-18)16-31-27(33)23(30-28(31)34)15-21-5-4-6-24(35-3)26(21)36-17-25(32)29-22-13-9-19(2)10-14-22/h4-15H,16-17H2,1-3H3,(H,29,32)(H,30,34). The van der Waals surface area contributed by atoms with Crippen LogP contribution in [0.15, 0.2) is 72.4 Å². The van der Waals surface area contributed by atoms with E-state index in [9.17, 15) is 14.4 Å². The van der Waals surface area contributed by atoms with Crippen LogP contribution < -0.4 is 20.1 Å². The third-order valence-electron chi connectivity index (χ3n) is 5.64. The quantitative estimate of drug-likeness (QED) is 0.364. The van der Waals surface area contributed by atoms with Gasteiger partial charge in [0.05, 0.1) is 13.7 Å². The first-order chi connectivity index (χ1) is 17.3. The summed E-state index contributed by atoms with van der Waals surface area (Å²) in [5.74, 6) is -0.129. The highest BCUT2D eigenvalue weighted by Crippen LogP contribution is 2.33. The number of nitrogens with zero attached hydrogens (tertiary/aromatic N) is 1. The maximum absolute atomic E-state index is 13.0. The fraction of sp³-hybridized carbons (Fsp3) is 0.179. The first kappa shape index (κ1) is 24.5. The predicted octanol–water partition coefficient (Wildman–Crippen LogP) is 4.42. The Labute approximate surface area is 209 Å². The van der Waals surface area contributed by atoms with Gasteiger partial charge in [0, 0.05) is 11.3 Å². The van der Waals surface area contributed by atoms with Crippen molar-refractivity contribution in [2.45, 2.75) is 20.4 Å². The van der Waals surface area contributed by atoms with Crippen molar-refractivity contribution in [3.8, 4) is 11.5 Å². The smallest absolute Gasteiger partial charge is 0.329 e. The van der Waals surface area contributed by atoms with Crippen LogP contribution in [0.2, 0.25) is 0 Å². The van der Waals surface area contributed by atoms with Crippen LogP contribution >= 0.6 is 0 Å². The molecule has 0 aliphatic carbocycles. The Morgan fingerprint density at radius 2 is 1.64 bits per heavy atom. The summed E-state index contributed by atoms with van der Waals surface area (Å²) in [6.07, 6.45) is 1.52. The minimum absolute atomic E-state index is 0.106. The first-order valence-electron chi connectivity index (χ1n) is 11.4. The van der Waals surface area contributed by atoms with Gasteiger partial charge in [0.1, 0.15) is 5.70 Å². The number of benzene rings is 3. The molecule has 1 aliphatic heterocycles. The second-order valence-corrected chi connectivity index (χ2v) is 8.45. The number of carbonyl (C=O) groups excluding carboxylic acids is 3. The van der Waals surface area contributed by atoms with Gasteiger partial charge in [-0.1, -0.05) is 59.7 Å². The molecular formula is C28H27N3O5. The molecule has 36 heavy (non-hydrogen) atoms. The maximum Gasteiger partial charge on any atom is 0.329 e.